The molecule has 0 aromatic carbocycles. The summed E-state index contributed by atoms with van der Waals surface area (Å²) in [6.45, 7) is 5.29. The molecule has 0 unspecified atom stereocenters. The van der Waals surface area contributed by atoms with Gasteiger partial charge in [0.05, 0.1) is 6.61 Å². The Balaban J connectivity index is 3.09. The number of rotatable bonds is 5. The molecule has 0 saturated carbocycles. The highest BCUT2D eigenvalue weighted by Gasteiger charge is 1.97. The van der Waals surface area contributed by atoms with Crippen LogP contribution in [-0.4, -0.2) is 19.2 Å². The van der Waals surface area contributed by atoms with Crippen LogP contribution in [0, 0.1) is 0 Å². The third kappa shape index (κ3) is 7.16. The average molecular weight is 159 g/mol. The van der Waals surface area contributed by atoms with Crippen LogP contribution < -0.4 is 5.32 Å². The second-order valence-corrected chi connectivity index (χ2v) is 2.42. The number of hydrogen-bond acceptors (Lipinski definition) is 2. The first-order valence-corrected chi connectivity index (χ1v) is 4.21. The van der Waals surface area contributed by atoms with Gasteiger partial charge in [-0.3, -0.25) is 0 Å². The largest absolute Gasteiger partial charge is 0.450 e. The summed E-state index contributed by atoms with van der Waals surface area (Å²) in [5.41, 5.74) is 0. The van der Waals surface area contributed by atoms with Gasteiger partial charge in [0.25, 0.3) is 0 Å². The fourth-order valence-electron chi connectivity index (χ4n) is 0.613. The van der Waals surface area contributed by atoms with Crippen molar-refractivity contribution in [1.82, 2.24) is 5.32 Å². The summed E-state index contributed by atoms with van der Waals surface area (Å²) >= 11 is 0. The molecule has 0 rings (SSSR count). The van der Waals surface area contributed by atoms with Crippen molar-refractivity contribution < 1.29 is 9.53 Å². The fraction of sp³-hybridized carbons (Fsp3) is 0.875. The first kappa shape index (κ1) is 10.3. The molecule has 3 heteroatoms. The van der Waals surface area contributed by atoms with Gasteiger partial charge in [0.1, 0.15) is 0 Å². The molecule has 1 amide bonds. The number of unbranched alkanes of at least 4 members (excludes halogenated alkanes) is 1. The average Bonchev–Trinajstić information content (AvgIpc) is 2.01. The van der Waals surface area contributed by atoms with E-state index < -0.39 is 0 Å². The van der Waals surface area contributed by atoms with Gasteiger partial charge >= 0.3 is 6.09 Å². The summed E-state index contributed by atoms with van der Waals surface area (Å²) < 4.78 is 4.79. The van der Waals surface area contributed by atoms with Crippen molar-refractivity contribution in [2.45, 2.75) is 33.1 Å². The number of carbonyl (C=O) groups is 1. The van der Waals surface area contributed by atoms with Crippen molar-refractivity contribution in [2.75, 3.05) is 13.2 Å². The molecule has 11 heavy (non-hydrogen) atoms. The molecule has 0 bridgehead atoms. The number of nitrogens with one attached hydrogen (secondary N) is 1. The molecule has 0 atom stereocenters. The molecule has 66 valence electrons. The third-order valence-electron chi connectivity index (χ3n) is 1.24. The maximum Gasteiger partial charge on any atom is 0.407 e. The molecule has 0 aromatic heterocycles. The van der Waals surface area contributed by atoms with E-state index in [1.165, 1.54) is 0 Å². The molecule has 0 aliphatic rings. The maximum atomic E-state index is 10.7. The molecule has 0 aromatic rings. The van der Waals surface area contributed by atoms with Gasteiger partial charge < -0.3 is 10.1 Å². The van der Waals surface area contributed by atoms with Crippen LogP contribution in [0.15, 0.2) is 0 Å². The number of amides is 1. The Morgan fingerprint density at radius 1 is 1.36 bits per heavy atom. The summed E-state index contributed by atoms with van der Waals surface area (Å²) in [6.07, 6.45) is 2.69. The second-order valence-electron chi connectivity index (χ2n) is 2.42. The number of carbonyl (C=O) groups excluding carboxylic acids is 1. The van der Waals surface area contributed by atoms with Crippen LogP contribution >= 0.6 is 0 Å². The first-order valence-electron chi connectivity index (χ1n) is 4.21. The van der Waals surface area contributed by atoms with E-state index in [9.17, 15) is 4.79 Å². The lowest BCUT2D eigenvalue weighted by atomic mass is 10.3. The van der Waals surface area contributed by atoms with E-state index in [0.717, 1.165) is 25.8 Å². The Hall–Kier alpha value is -0.730. The van der Waals surface area contributed by atoms with Crippen LogP contribution in [-0.2, 0) is 4.74 Å². The van der Waals surface area contributed by atoms with Crippen molar-refractivity contribution in [1.29, 1.82) is 0 Å². The van der Waals surface area contributed by atoms with Crippen molar-refractivity contribution >= 4 is 6.09 Å². The van der Waals surface area contributed by atoms with Crippen molar-refractivity contribution in [3.8, 4) is 0 Å². The van der Waals surface area contributed by atoms with Crippen molar-refractivity contribution in [2.24, 2.45) is 0 Å². The zero-order valence-corrected chi connectivity index (χ0v) is 7.35. The van der Waals surface area contributed by atoms with Gasteiger partial charge in [-0.05, 0) is 12.8 Å². The minimum absolute atomic E-state index is 0.291. The Bertz CT molecular complexity index is 104. The number of ether oxygens (including phenoxy) is 1. The minimum Gasteiger partial charge on any atom is -0.450 e. The number of hydrogen-bond donors (Lipinski definition) is 1. The molecule has 0 radical (unpaired) electrons. The van der Waals surface area contributed by atoms with E-state index in [0.29, 0.717) is 6.61 Å². The van der Waals surface area contributed by atoms with Crippen LogP contribution in [0.25, 0.3) is 0 Å². The third-order valence-corrected chi connectivity index (χ3v) is 1.24. The van der Waals surface area contributed by atoms with E-state index in [2.05, 4.69) is 12.2 Å². The van der Waals surface area contributed by atoms with Crippen LogP contribution in [0.4, 0.5) is 4.79 Å². The van der Waals surface area contributed by atoms with Gasteiger partial charge in [0, 0.05) is 6.54 Å². The topological polar surface area (TPSA) is 38.3 Å². The molecule has 0 heterocycles. The predicted molar refractivity (Wildman–Crippen MR) is 44.5 cm³/mol. The summed E-state index contributed by atoms with van der Waals surface area (Å²) in [6, 6.07) is 0. The standard InChI is InChI=1S/C8H17NO2/c1-3-5-6-9-8(10)11-7-4-2/h3-7H2,1-2H3,(H,9,10). The predicted octanol–water partition coefficient (Wildman–Crippen LogP) is 1.92. The molecular formula is C8H17NO2. The van der Waals surface area contributed by atoms with Crippen molar-refractivity contribution in [3.63, 3.8) is 0 Å². The highest BCUT2D eigenvalue weighted by molar-refractivity contribution is 5.66. The molecule has 0 saturated heterocycles. The summed E-state index contributed by atoms with van der Waals surface area (Å²) in [5, 5.41) is 2.66. The maximum absolute atomic E-state index is 10.7. The monoisotopic (exact) mass is 159 g/mol. The molecule has 0 fully saturated rings. The Labute approximate surface area is 68.1 Å². The van der Waals surface area contributed by atoms with Crippen LogP contribution in [0.1, 0.15) is 33.1 Å². The lowest BCUT2D eigenvalue weighted by Crippen LogP contribution is -2.25. The number of alkyl carbamates (subject to hydrolysis) is 1. The van der Waals surface area contributed by atoms with Crippen LogP contribution in [0.5, 0.6) is 0 Å². The second kappa shape index (κ2) is 7.38. The van der Waals surface area contributed by atoms with Crippen LogP contribution in [0.2, 0.25) is 0 Å². The van der Waals surface area contributed by atoms with Gasteiger partial charge in [0.15, 0.2) is 0 Å². The van der Waals surface area contributed by atoms with Gasteiger partial charge in [-0.1, -0.05) is 20.3 Å². The molecule has 1 N–H and O–H groups in total. The Morgan fingerprint density at radius 3 is 2.64 bits per heavy atom. The van der Waals surface area contributed by atoms with Crippen LogP contribution in [0.3, 0.4) is 0 Å². The van der Waals surface area contributed by atoms with Gasteiger partial charge in [-0.2, -0.15) is 0 Å². The van der Waals surface area contributed by atoms with E-state index in [1.807, 2.05) is 6.92 Å². The van der Waals surface area contributed by atoms with Gasteiger partial charge in [-0.25, -0.2) is 4.79 Å². The molecular weight excluding hydrogens is 142 g/mol. The summed E-state index contributed by atoms with van der Waals surface area (Å²) in [7, 11) is 0. The van der Waals surface area contributed by atoms with Gasteiger partial charge in [0.2, 0.25) is 0 Å². The lowest BCUT2D eigenvalue weighted by Gasteiger charge is -2.03. The minimum atomic E-state index is -0.291. The summed E-state index contributed by atoms with van der Waals surface area (Å²) in [5.74, 6) is 0. The smallest absolute Gasteiger partial charge is 0.407 e. The SMILES string of the molecule is CCCCNC(=O)OCCC. The quantitative estimate of drug-likeness (QED) is 0.622. The Morgan fingerprint density at radius 2 is 2.09 bits per heavy atom. The summed E-state index contributed by atoms with van der Waals surface area (Å²) in [4.78, 5) is 10.7. The van der Waals surface area contributed by atoms with E-state index in [-0.39, 0.29) is 6.09 Å². The molecule has 0 aliphatic heterocycles. The Kier molecular flexibility index (Phi) is 6.89. The fourth-order valence-corrected chi connectivity index (χ4v) is 0.613. The van der Waals surface area contributed by atoms with E-state index in [4.69, 9.17) is 4.74 Å². The molecule has 0 aliphatic carbocycles. The van der Waals surface area contributed by atoms with E-state index >= 15 is 0 Å². The van der Waals surface area contributed by atoms with Crippen molar-refractivity contribution in [3.05, 3.63) is 0 Å². The molecule has 3 nitrogen and oxygen atoms in total. The zero-order valence-electron chi connectivity index (χ0n) is 7.35. The van der Waals surface area contributed by atoms with Gasteiger partial charge in [-0.15, -0.1) is 0 Å². The lowest BCUT2D eigenvalue weighted by molar-refractivity contribution is 0.146. The highest BCUT2D eigenvalue weighted by Crippen LogP contribution is 1.85. The zero-order chi connectivity index (χ0) is 8.53. The molecule has 0 spiro atoms. The first-order chi connectivity index (χ1) is 5.31. The van der Waals surface area contributed by atoms with E-state index in [1.54, 1.807) is 0 Å². The normalized spacial score (nSPS) is 9.27. The highest BCUT2D eigenvalue weighted by atomic mass is 16.5.